The third-order valence-corrected chi connectivity index (χ3v) is 3.57. The summed E-state index contributed by atoms with van der Waals surface area (Å²) in [7, 11) is 2.94. The van der Waals surface area contributed by atoms with E-state index >= 15 is 0 Å². The minimum absolute atomic E-state index is 0.00317. The lowest BCUT2D eigenvalue weighted by Gasteiger charge is -2.20. The number of ether oxygens (including phenoxy) is 3. The third-order valence-electron chi connectivity index (χ3n) is 3.35. The first-order valence-electron chi connectivity index (χ1n) is 7.63. The van der Waals surface area contributed by atoms with Gasteiger partial charge in [-0.1, -0.05) is 11.6 Å². The maximum Gasteiger partial charge on any atom is 0.344 e. The maximum atomic E-state index is 11.8. The number of carbonyl (C=O) groups excluding carboxylic acids is 2. The maximum absolute atomic E-state index is 11.8. The Morgan fingerprint density at radius 2 is 2.04 bits per heavy atom. The molecule has 0 fully saturated rings. The van der Waals surface area contributed by atoms with Crippen molar-refractivity contribution >= 4 is 23.5 Å². The molecular weight excluding hydrogens is 364 g/mol. The number of halogens is 1. The minimum atomic E-state index is -0.943. The SMILES string of the molecule is COC(=O)C(C)(C)COC(=O)COc1nc(-c2ccc(Cl)cn2)n(C)n1. The van der Waals surface area contributed by atoms with E-state index in [1.54, 1.807) is 33.0 Å². The molecule has 0 atom stereocenters. The molecule has 0 aliphatic rings. The molecule has 26 heavy (non-hydrogen) atoms. The Labute approximate surface area is 155 Å². The summed E-state index contributed by atoms with van der Waals surface area (Å²) in [6.45, 7) is 2.70. The molecule has 2 aromatic rings. The number of aromatic nitrogens is 4. The van der Waals surface area contributed by atoms with Gasteiger partial charge in [-0.3, -0.25) is 9.78 Å². The Morgan fingerprint density at radius 3 is 2.65 bits per heavy atom. The molecule has 0 saturated carbocycles. The van der Waals surface area contributed by atoms with Crippen LogP contribution >= 0.6 is 11.6 Å². The zero-order chi connectivity index (χ0) is 19.3. The van der Waals surface area contributed by atoms with Gasteiger partial charge in [0.15, 0.2) is 12.4 Å². The van der Waals surface area contributed by atoms with Gasteiger partial charge in [-0.25, -0.2) is 9.48 Å². The predicted molar refractivity (Wildman–Crippen MR) is 91.5 cm³/mol. The first-order valence-corrected chi connectivity index (χ1v) is 8.00. The van der Waals surface area contributed by atoms with Crippen molar-refractivity contribution in [2.45, 2.75) is 13.8 Å². The molecule has 0 saturated heterocycles. The Kier molecular flexibility index (Phi) is 6.14. The zero-order valence-corrected chi connectivity index (χ0v) is 15.6. The molecule has 10 heteroatoms. The van der Waals surface area contributed by atoms with Gasteiger partial charge < -0.3 is 14.2 Å². The molecule has 0 amide bonds. The van der Waals surface area contributed by atoms with Crippen LogP contribution in [-0.2, 0) is 26.1 Å². The first kappa shape index (κ1) is 19.6. The summed E-state index contributed by atoms with van der Waals surface area (Å²) >= 11 is 5.81. The van der Waals surface area contributed by atoms with Crippen molar-refractivity contribution in [2.75, 3.05) is 20.3 Å². The third kappa shape index (κ3) is 4.92. The van der Waals surface area contributed by atoms with Crippen molar-refractivity contribution in [2.24, 2.45) is 12.5 Å². The van der Waals surface area contributed by atoms with Crippen molar-refractivity contribution in [1.29, 1.82) is 0 Å². The van der Waals surface area contributed by atoms with Gasteiger partial charge in [-0.2, -0.15) is 4.98 Å². The van der Waals surface area contributed by atoms with Crippen LogP contribution in [0.1, 0.15) is 13.8 Å². The van der Waals surface area contributed by atoms with E-state index in [4.69, 9.17) is 21.1 Å². The van der Waals surface area contributed by atoms with E-state index in [9.17, 15) is 9.59 Å². The van der Waals surface area contributed by atoms with Crippen LogP contribution in [0.4, 0.5) is 0 Å². The number of methoxy groups -OCH3 is 1. The fourth-order valence-corrected chi connectivity index (χ4v) is 2.03. The summed E-state index contributed by atoms with van der Waals surface area (Å²) in [5.74, 6) is -0.671. The summed E-state index contributed by atoms with van der Waals surface area (Å²) in [6, 6.07) is 3.38. The van der Waals surface area contributed by atoms with E-state index in [0.717, 1.165) is 0 Å². The average molecular weight is 383 g/mol. The van der Waals surface area contributed by atoms with E-state index in [0.29, 0.717) is 16.5 Å². The number of hydrogen-bond acceptors (Lipinski definition) is 8. The van der Waals surface area contributed by atoms with E-state index in [1.807, 2.05) is 0 Å². The summed E-state index contributed by atoms with van der Waals surface area (Å²) in [5, 5.41) is 4.56. The van der Waals surface area contributed by atoms with Crippen LogP contribution in [0.15, 0.2) is 18.3 Å². The van der Waals surface area contributed by atoms with E-state index in [-0.39, 0.29) is 12.6 Å². The standard InChI is InChI=1S/C16H19ClN4O5/c1-16(2,14(23)24-4)9-26-12(22)8-25-15-19-13(21(3)20-15)11-6-5-10(17)7-18-11/h5-7H,8-9H2,1-4H3. The average Bonchev–Trinajstić information content (AvgIpc) is 2.99. The Bertz CT molecular complexity index is 788. The van der Waals surface area contributed by atoms with E-state index < -0.39 is 24.0 Å². The van der Waals surface area contributed by atoms with E-state index in [1.165, 1.54) is 18.0 Å². The van der Waals surface area contributed by atoms with Gasteiger partial charge in [-0.05, 0) is 26.0 Å². The second-order valence-corrected chi connectivity index (χ2v) is 6.46. The lowest BCUT2D eigenvalue weighted by atomic mass is 9.95. The number of aryl methyl sites for hydroxylation is 1. The topological polar surface area (TPSA) is 105 Å². The summed E-state index contributed by atoms with van der Waals surface area (Å²) < 4.78 is 16.4. The van der Waals surface area contributed by atoms with Gasteiger partial charge in [0.1, 0.15) is 12.3 Å². The lowest BCUT2D eigenvalue weighted by Crippen LogP contribution is -2.32. The van der Waals surface area contributed by atoms with Gasteiger partial charge in [0, 0.05) is 13.2 Å². The highest BCUT2D eigenvalue weighted by atomic mass is 35.5. The molecular formula is C16H19ClN4O5. The molecule has 2 aromatic heterocycles. The fourth-order valence-electron chi connectivity index (χ4n) is 1.91. The van der Waals surface area contributed by atoms with Crippen molar-refractivity contribution in [3.8, 4) is 17.5 Å². The zero-order valence-electron chi connectivity index (χ0n) is 14.9. The number of carbonyl (C=O) groups is 2. The van der Waals surface area contributed by atoms with Crippen LogP contribution < -0.4 is 4.74 Å². The molecule has 0 spiro atoms. The highest BCUT2D eigenvalue weighted by Gasteiger charge is 2.30. The highest BCUT2D eigenvalue weighted by Crippen LogP contribution is 2.19. The second kappa shape index (κ2) is 8.13. The predicted octanol–water partition coefficient (Wildman–Crippen LogP) is 1.65. The molecule has 0 bridgehead atoms. The molecule has 2 heterocycles. The quantitative estimate of drug-likeness (QED) is 0.665. The van der Waals surface area contributed by atoms with Crippen molar-refractivity contribution in [1.82, 2.24) is 19.7 Å². The Morgan fingerprint density at radius 1 is 1.31 bits per heavy atom. The molecule has 0 N–H and O–H groups in total. The Balaban J connectivity index is 1.92. The van der Waals surface area contributed by atoms with Crippen LogP contribution in [-0.4, -0.2) is 52.0 Å². The van der Waals surface area contributed by atoms with Gasteiger partial charge in [0.2, 0.25) is 0 Å². The highest BCUT2D eigenvalue weighted by molar-refractivity contribution is 6.30. The van der Waals surface area contributed by atoms with Crippen molar-refractivity contribution in [3.63, 3.8) is 0 Å². The number of nitrogens with zero attached hydrogens (tertiary/aromatic N) is 4. The monoisotopic (exact) mass is 382 g/mol. The molecule has 0 aliphatic carbocycles. The molecule has 140 valence electrons. The number of rotatable bonds is 7. The van der Waals surface area contributed by atoms with E-state index in [2.05, 4.69) is 19.8 Å². The van der Waals surface area contributed by atoms with Crippen LogP contribution in [0.2, 0.25) is 5.02 Å². The van der Waals surface area contributed by atoms with Crippen LogP contribution in [0.3, 0.4) is 0 Å². The van der Waals surface area contributed by atoms with Crippen LogP contribution in [0.25, 0.3) is 11.5 Å². The fraction of sp³-hybridized carbons (Fsp3) is 0.438. The lowest BCUT2D eigenvalue weighted by molar-refractivity contribution is -0.160. The van der Waals surface area contributed by atoms with Crippen molar-refractivity contribution in [3.05, 3.63) is 23.4 Å². The molecule has 0 radical (unpaired) electrons. The first-order chi connectivity index (χ1) is 12.2. The van der Waals surface area contributed by atoms with Crippen LogP contribution in [0.5, 0.6) is 6.01 Å². The van der Waals surface area contributed by atoms with Gasteiger partial charge >= 0.3 is 17.9 Å². The Hall–Kier alpha value is -2.68. The molecule has 0 unspecified atom stereocenters. The number of esters is 2. The summed E-state index contributed by atoms with van der Waals surface area (Å²) in [6.07, 6.45) is 1.49. The number of hydrogen-bond donors (Lipinski definition) is 0. The largest absolute Gasteiger partial charge is 0.469 e. The molecule has 2 rings (SSSR count). The van der Waals surface area contributed by atoms with Gasteiger partial charge in [0.25, 0.3) is 0 Å². The smallest absolute Gasteiger partial charge is 0.344 e. The minimum Gasteiger partial charge on any atom is -0.469 e. The second-order valence-electron chi connectivity index (χ2n) is 6.03. The van der Waals surface area contributed by atoms with Crippen LogP contribution in [0, 0.1) is 5.41 Å². The molecule has 0 aromatic carbocycles. The summed E-state index contributed by atoms with van der Waals surface area (Å²) in [5.41, 5.74) is -0.386. The number of pyridine rings is 1. The van der Waals surface area contributed by atoms with Crippen molar-refractivity contribution < 1.29 is 23.8 Å². The summed E-state index contributed by atoms with van der Waals surface area (Å²) in [4.78, 5) is 31.7. The van der Waals surface area contributed by atoms with Gasteiger partial charge in [-0.15, -0.1) is 5.10 Å². The normalized spacial score (nSPS) is 11.1. The molecule has 0 aliphatic heterocycles. The van der Waals surface area contributed by atoms with Gasteiger partial charge in [0.05, 0.1) is 17.5 Å². The molecule has 9 nitrogen and oxygen atoms in total.